The Morgan fingerprint density at radius 1 is 1.41 bits per heavy atom. The fraction of sp³-hybridized carbons (Fsp3) is 0.583. The van der Waals surface area contributed by atoms with Crippen LogP contribution in [0, 0.1) is 16.7 Å². The van der Waals surface area contributed by atoms with E-state index in [0.717, 1.165) is 17.3 Å². The molecule has 90 valence electrons. The Kier molecular flexibility index (Phi) is 2.91. The predicted molar refractivity (Wildman–Crippen MR) is 67.9 cm³/mol. The van der Waals surface area contributed by atoms with Gasteiger partial charge in [0.1, 0.15) is 10.9 Å². The summed E-state index contributed by atoms with van der Waals surface area (Å²) >= 11 is 0.298. The highest BCUT2D eigenvalue weighted by atomic mass is 32.2. The molecule has 1 atom stereocenters. The summed E-state index contributed by atoms with van der Waals surface area (Å²) in [5.41, 5.74) is 0.477. The monoisotopic (exact) mass is 266 g/mol. The van der Waals surface area contributed by atoms with E-state index < -0.39 is 11.4 Å². The summed E-state index contributed by atoms with van der Waals surface area (Å²) in [7, 11) is 0. The Hall–Kier alpha value is -0.540. The zero-order valence-electron chi connectivity index (χ0n) is 9.52. The number of hydrogen-bond donors (Lipinski definition) is 0. The van der Waals surface area contributed by atoms with Crippen LogP contribution in [0.5, 0.6) is 0 Å². The molecular formula is C12H14N2OS2. The molecule has 2 aliphatic rings. The van der Waals surface area contributed by atoms with Gasteiger partial charge in [0.25, 0.3) is 0 Å². The molecule has 1 unspecified atom stereocenters. The maximum atomic E-state index is 12.3. The normalized spacial score (nSPS) is 24.5. The van der Waals surface area contributed by atoms with Crippen molar-refractivity contribution in [3.05, 3.63) is 17.0 Å². The van der Waals surface area contributed by atoms with Crippen LogP contribution >= 0.6 is 11.3 Å². The molecule has 0 aromatic carbocycles. The standard InChI is InChI=1S/C12H14N2OS2/c13-8-10-2-3-11(16-10)17(15)14-7-6-12(9-14)4-1-5-12/h2-3H,1,4-7,9H2. The lowest BCUT2D eigenvalue weighted by Crippen LogP contribution is -2.35. The molecule has 1 aromatic heterocycles. The summed E-state index contributed by atoms with van der Waals surface area (Å²) < 4.78 is 15.2. The molecule has 1 saturated carbocycles. The molecule has 0 radical (unpaired) electrons. The van der Waals surface area contributed by atoms with Crippen LogP contribution in [0.3, 0.4) is 0 Å². The van der Waals surface area contributed by atoms with Gasteiger partial charge in [-0.1, -0.05) is 17.8 Å². The minimum atomic E-state index is -1.05. The van der Waals surface area contributed by atoms with E-state index in [9.17, 15) is 4.55 Å². The first-order valence-electron chi connectivity index (χ1n) is 5.89. The van der Waals surface area contributed by atoms with Crippen molar-refractivity contribution in [2.45, 2.75) is 29.9 Å². The first-order valence-corrected chi connectivity index (χ1v) is 7.82. The molecule has 2 fully saturated rings. The molecule has 1 aliphatic carbocycles. The second kappa shape index (κ2) is 4.29. The maximum absolute atomic E-state index is 12.3. The summed E-state index contributed by atoms with van der Waals surface area (Å²) in [6.45, 7) is 1.91. The van der Waals surface area contributed by atoms with Crippen molar-refractivity contribution >= 4 is 22.7 Å². The van der Waals surface area contributed by atoms with Crippen molar-refractivity contribution in [3.8, 4) is 6.07 Å². The van der Waals surface area contributed by atoms with E-state index in [2.05, 4.69) is 10.4 Å². The third-order valence-electron chi connectivity index (χ3n) is 3.92. The molecule has 0 amide bonds. The fourth-order valence-electron chi connectivity index (χ4n) is 2.72. The summed E-state index contributed by atoms with van der Waals surface area (Å²) in [5.74, 6) is 0. The first-order chi connectivity index (χ1) is 8.22. The molecule has 1 aromatic rings. The van der Waals surface area contributed by atoms with Gasteiger partial charge in [-0.3, -0.25) is 0 Å². The van der Waals surface area contributed by atoms with Crippen LogP contribution in [0.2, 0.25) is 0 Å². The lowest BCUT2D eigenvalue weighted by atomic mass is 9.68. The van der Waals surface area contributed by atoms with Gasteiger partial charge < -0.3 is 4.55 Å². The zero-order valence-corrected chi connectivity index (χ0v) is 11.1. The first kappa shape index (κ1) is 11.5. The number of nitrogens with zero attached hydrogens (tertiary/aromatic N) is 2. The quantitative estimate of drug-likeness (QED) is 0.773. The van der Waals surface area contributed by atoms with Gasteiger partial charge in [-0.25, -0.2) is 0 Å². The van der Waals surface area contributed by atoms with E-state index in [1.165, 1.54) is 37.0 Å². The van der Waals surface area contributed by atoms with E-state index in [-0.39, 0.29) is 0 Å². The maximum Gasteiger partial charge on any atom is 0.229 e. The van der Waals surface area contributed by atoms with E-state index in [0.29, 0.717) is 10.3 Å². The molecule has 3 rings (SSSR count). The summed E-state index contributed by atoms with van der Waals surface area (Å²) in [6.07, 6.45) is 5.12. The highest BCUT2D eigenvalue weighted by Gasteiger charge is 2.47. The minimum Gasteiger partial charge on any atom is -0.592 e. The van der Waals surface area contributed by atoms with Crippen molar-refractivity contribution < 1.29 is 4.55 Å². The minimum absolute atomic E-state index is 0.477. The van der Waals surface area contributed by atoms with E-state index in [4.69, 9.17) is 5.26 Å². The predicted octanol–water partition coefficient (Wildman–Crippen LogP) is 2.52. The average molecular weight is 266 g/mol. The van der Waals surface area contributed by atoms with Crippen LogP contribution in [-0.2, 0) is 11.4 Å². The smallest absolute Gasteiger partial charge is 0.229 e. The largest absolute Gasteiger partial charge is 0.592 e. The third-order valence-corrected chi connectivity index (χ3v) is 6.64. The number of hydrogen-bond acceptors (Lipinski definition) is 4. The van der Waals surface area contributed by atoms with Crippen LogP contribution in [0.4, 0.5) is 0 Å². The number of rotatable bonds is 2. The lowest BCUT2D eigenvalue weighted by molar-refractivity contribution is 0.153. The summed E-state index contributed by atoms with van der Waals surface area (Å²) in [4.78, 5) is 0.644. The second-order valence-electron chi connectivity index (χ2n) is 4.95. The molecule has 1 saturated heterocycles. The van der Waals surface area contributed by atoms with Crippen molar-refractivity contribution in [1.82, 2.24) is 4.31 Å². The molecule has 3 nitrogen and oxygen atoms in total. The summed E-state index contributed by atoms with van der Waals surface area (Å²) in [5, 5.41) is 8.78. The van der Waals surface area contributed by atoms with Crippen molar-refractivity contribution in [2.75, 3.05) is 13.1 Å². The van der Waals surface area contributed by atoms with Gasteiger partial charge in [0.05, 0.1) is 17.9 Å². The van der Waals surface area contributed by atoms with Gasteiger partial charge in [-0.2, -0.15) is 5.26 Å². The Morgan fingerprint density at radius 3 is 2.76 bits per heavy atom. The Bertz CT molecular complexity index is 461. The second-order valence-corrected chi connectivity index (χ2v) is 7.74. The van der Waals surface area contributed by atoms with Crippen molar-refractivity contribution in [2.24, 2.45) is 5.41 Å². The van der Waals surface area contributed by atoms with Crippen LogP contribution in [0.25, 0.3) is 0 Å². The topological polar surface area (TPSA) is 50.1 Å². The zero-order chi connectivity index (χ0) is 11.9. The van der Waals surface area contributed by atoms with Crippen molar-refractivity contribution in [1.29, 1.82) is 5.26 Å². The highest BCUT2D eigenvalue weighted by Crippen LogP contribution is 2.49. The molecule has 1 aliphatic heterocycles. The molecule has 0 N–H and O–H groups in total. The Balaban J connectivity index is 1.70. The van der Waals surface area contributed by atoms with Gasteiger partial charge in [0.2, 0.25) is 4.21 Å². The van der Waals surface area contributed by atoms with Crippen LogP contribution in [0.15, 0.2) is 16.3 Å². The molecule has 17 heavy (non-hydrogen) atoms. The van der Waals surface area contributed by atoms with Gasteiger partial charge in [0.15, 0.2) is 0 Å². The van der Waals surface area contributed by atoms with Crippen LogP contribution in [-0.4, -0.2) is 21.9 Å². The third kappa shape index (κ3) is 2.00. The molecule has 0 bridgehead atoms. The van der Waals surface area contributed by atoms with Gasteiger partial charge in [-0.05, 0) is 30.7 Å². The van der Waals surface area contributed by atoms with Crippen LogP contribution < -0.4 is 0 Å². The fourth-order valence-corrected chi connectivity index (χ4v) is 5.21. The van der Waals surface area contributed by atoms with Gasteiger partial charge in [0, 0.05) is 12.6 Å². The van der Waals surface area contributed by atoms with Crippen molar-refractivity contribution in [3.63, 3.8) is 0 Å². The molecule has 5 heteroatoms. The van der Waals surface area contributed by atoms with Crippen LogP contribution in [0.1, 0.15) is 30.6 Å². The van der Waals surface area contributed by atoms with Gasteiger partial charge in [-0.15, -0.1) is 4.31 Å². The van der Waals surface area contributed by atoms with E-state index in [1.54, 1.807) is 6.07 Å². The SMILES string of the molecule is N#Cc1ccc([S+]([O-])N2CCC3(CCC3)C2)s1. The van der Waals surface area contributed by atoms with E-state index in [1.807, 2.05) is 6.07 Å². The molecular weight excluding hydrogens is 252 g/mol. The molecule has 2 heterocycles. The summed E-state index contributed by atoms with van der Waals surface area (Å²) in [6, 6.07) is 5.68. The number of thiophene rings is 1. The average Bonchev–Trinajstić information content (AvgIpc) is 2.94. The van der Waals surface area contributed by atoms with E-state index >= 15 is 0 Å². The molecule has 1 spiro atoms. The lowest BCUT2D eigenvalue weighted by Gasteiger charge is -2.37. The number of nitriles is 1. The Labute approximate surface area is 108 Å². The van der Waals surface area contributed by atoms with Gasteiger partial charge >= 0.3 is 0 Å². The Morgan fingerprint density at radius 2 is 2.24 bits per heavy atom. The highest BCUT2D eigenvalue weighted by molar-refractivity contribution is 7.91.